The fraction of sp³-hybridized carbons (Fsp3) is 0.263. The van der Waals surface area contributed by atoms with Crippen LogP contribution in [0, 0.1) is 5.82 Å². The zero-order valence-electron chi connectivity index (χ0n) is 14.4. The van der Waals surface area contributed by atoms with Gasteiger partial charge in [0.05, 0.1) is 13.5 Å². The second kappa shape index (κ2) is 8.28. The van der Waals surface area contributed by atoms with E-state index < -0.39 is 17.9 Å². The highest BCUT2D eigenvalue weighted by molar-refractivity contribution is 5.96. The largest absolute Gasteiger partial charge is 0.494 e. The van der Waals surface area contributed by atoms with Crippen LogP contribution in [0.2, 0.25) is 0 Å². The topological polar surface area (TPSA) is 55.8 Å². The predicted molar refractivity (Wildman–Crippen MR) is 92.1 cm³/mol. The highest BCUT2D eigenvalue weighted by Crippen LogP contribution is 2.18. The molecule has 1 atom stereocenters. The lowest BCUT2D eigenvalue weighted by Crippen LogP contribution is -2.37. The Bertz CT molecular complexity index is 748. The van der Waals surface area contributed by atoms with E-state index in [0.29, 0.717) is 11.3 Å². The lowest BCUT2D eigenvalue weighted by Gasteiger charge is -2.21. The first-order chi connectivity index (χ1) is 11.9. The lowest BCUT2D eigenvalue weighted by molar-refractivity contribution is -0.153. The molecular formula is C19H20FNO4. The van der Waals surface area contributed by atoms with E-state index in [-0.39, 0.29) is 18.1 Å². The second-order valence-corrected chi connectivity index (χ2v) is 5.51. The Morgan fingerprint density at radius 2 is 1.84 bits per heavy atom. The van der Waals surface area contributed by atoms with Crippen molar-refractivity contribution in [2.75, 3.05) is 19.1 Å². The molecule has 0 saturated carbocycles. The number of carbonyl (C=O) groups excluding carboxylic acids is 2. The molecule has 0 saturated heterocycles. The molecule has 0 heterocycles. The van der Waals surface area contributed by atoms with E-state index in [4.69, 9.17) is 9.47 Å². The molecule has 25 heavy (non-hydrogen) atoms. The lowest BCUT2D eigenvalue weighted by atomic mass is 10.1. The number of anilines is 1. The number of methoxy groups -OCH3 is 1. The third-order valence-electron chi connectivity index (χ3n) is 3.69. The molecule has 0 aliphatic rings. The van der Waals surface area contributed by atoms with Crippen LogP contribution in [0.1, 0.15) is 12.5 Å². The van der Waals surface area contributed by atoms with Gasteiger partial charge < -0.3 is 14.4 Å². The van der Waals surface area contributed by atoms with E-state index >= 15 is 0 Å². The van der Waals surface area contributed by atoms with Gasteiger partial charge in [-0.3, -0.25) is 9.59 Å². The highest BCUT2D eigenvalue weighted by atomic mass is 19.1. The van der Waals surface area contributed by atoms with Crippen LogP contribution in [0.4, 0.5) is 10.1 Å². The molecule has 0 radical (unpaired) electrons. The summed E-state index contributed by atoms with van der Waals surface area (Å²) >= 11 is 0. The third-order valence-corrected chi connectivity index (χ3v) is 3.69. The number of nitrogens with zero attached hydrogens (tertiary/aromatic N) is 1. The summed E-state index contributed by atoms with van der Waals surface area (Å²) in [5, 5.41) is 0. The molecule has 2 aromatic carbocycles. The van der Waals surface area contributed by atoms with Gasteiger partial charge in [-0.05, 0) is 36.8 Å². The summed E-state index contributed by atoms with van der Waals surface area (Å²) in [4.78, 5) is 25.8. The van der Waals surface area contributed by atoms with Crippen molar-refractivity contribution in [3.05, 3.63) is 59.9 Å². The van der Waals surface area contributed by atoms with Crippen molar-refractivity contribution in [1.82, 2.24) is 0 Å². The van der Waals surface area contributed by atoms with Gasteiger partial charge in [-0.25, -0.2) is 4.39 Å². The van der Waals surface area contributed by atoms with Crippen LogP contribution in [0.15, 0.2) is 48.5 Å². The average Bonchev–Trinajstić information content (AvgIpc) is 2.61. The molecule has 5 nitrogen and oxygen atoms in total. The summed E-state index contributed by atoms with van der Waals surface area (Å²) in [5.74, 6) is -1.40. The zero-order chi connectivity index (χ0) is 18.4. The third kappa shape index (κ3) is 4.79. The molecule has 0 bridgehead atoms. The first-order valence-electron chi connectivity index (χ1n) is 7.77. The Labute approximate surface area is 146 Å². The van der Waals surface area contributed by atoms with Gasteiger partial charge in [-0.1, -0.05) is 24.3 Å². The van der Waals surface area contributed by atoms with Crippen molar-refractivity contribution < 1.29 is 23.5 Å². The fourth-order valence-electron chi connectivity index (χ4n) is 2.33. The summed E-state index contributed by atoms with van der Waals surface area (Å²) in [6, 6.07) is 13.3. The van der Waals surface area contributed by atoms with Crippen molar-refractivity contribution in [2.45, 2.75) is 19.4 Å². The molecule has 2 rings (SSSR count). The van der Waals surface area contributed by atoms with Crippen LogP contribution in [0.5, 0.6) is 5.75 Å². The standard InChI is InChI=1S/C19H20FNO4/c1-13(19(23)21(2)15-7-5-4-6-8-15)25-18(22)12-14-9-10-17(24-3)16(20)11-14/h4-11,13H,12H2,1-3H3/t13-/m0/s1. The van der Waals surface area contributed by atoms with Crippen molar-refractivity contribution >= 4 is 17.6 Å². The Balaban J connectivity index is 1.95. The molecule has 132 valence electrons. The van der Waals surface area contributed by atoms with E-state index in [1.165, 1.54) is 31.1 Å². The van der Waals surface area contributed by atoms with Gasteiger partial charge in [-0.15, -0.1) is 0 Å². The summed E-state index contributed by atoms with van der Waals surface area (Å²) in [5.41, 5.74) is 1.15. The van der Waals surface area contributed by atoms with Gasteiger partial charge >= 0.3 is 5.97 Å². The number of para-hydroxylation sites is 1. The molecule has 0 aliphatic carbocycles. The molecular weight excluding hydrogens is 325 g/mol. The molecule has 0 aliphatic heterocycles. The minimum Gasteiger partial charge on any atom is -0.494 e. The number of amides is 1. The van der Waals surface area contributed by atoms with E-state index in [1.54, 1.807) is 25.2 Å². The molecule has 0 aromatic heterocycles. The van der Waals surface area contributed by atoms with Crippen LogP contribution >= 0.6 is 0 Å². The van der Waals surface area contributed by atoms with Gasteiger partial charge in [0.2, 0.25) is 0 Å². The van der Waals surface area contributed by atoms with Crippen LogP contribution in [0.25, 0.3) is 0 Å². The smallest absolute Gasteiger partial charge is 0.311 e. The minimum atomic E-state index is -0.944. The fourth-order valence-corrected chi connectivity index (χ4v) is 2.33. The Hall–Kier alpha value is -2.89. The maximum absolute atomic E-state index is 13.6. The van der Waals surface area contributed by atoms with Crippen LogP contribution < -0.4 is 9.64 Å². The van der Waals surface area contributed by atoms with Crippen molar-refractivity contribution in [2.24, 2.45) is 0 Å². The second-order valence-electron chi connectivity index (χ2n) is 5.51. The number of ether oxygens (including phenoxy) is 2. The first-order valence-corrected chi connectivity index (χ1v) is 7.77. The number of hydrogen-bond acceptors (Lipinski definition) is 4. The van der Waals surface area contributed by atoms with Gasteiger partial charge in [0.25, 0.3) is 5.91 Å². The summed E-state index contributed by atoms with van der Waals surface area (Å²) in [7, 11) is 2.98. The van der Waals surface area contributed by atoms with Crippen molar-refractivity contribution in [3.8, 4) is 5.75 Å². The SMILES string of the molecule is COc1ccc(CC(=O)O[C@@H](C)C(=O)N(C)c2ccccc2)cc1F. The van der Waals surface area contributed by atoms with E-state index in [1.807, 2.05) is 18.2 Å². The summed E-state index contributed by atoms with van der Waals surface area (Å²) in [6.07, 6.45) is -1.08. The average molecular weight is 345 g/mol. The zero-order valence-corrected chi connectivity index (χ0v) is 14.4. The Morgan fingerprint density at radius 1 is 1.16 bits per heavy atom. The molecule has 0 spiro atoms. The van der Waals surface area contributed by atoms with Crippen molar-refractivity contribution in [1.29, 1.82) is 0 Å². The van der Waals surface area contributed by atoms with Gasteiger partial charge in [-0.2, -0.15) is 0 Å². The number of likely N-dealkylation sites (N-methyl/N-ethyl adjacent to an activating group) is 1. The number of rotatable bonds is 6. The summed E-state index contributed by atoms with van der Waals surface area (Å²) in [6.45, 7) is 1.51. The molecule has 0 fully saturated rings. The number of esters is 1. The quantitative estimate of drug-likeness (QED) is 0.756. The van der Waals surface area contributed by atoms with Gasteiger partial charge in [0, 0.05) is 12.7 Å². The molecule has 1 amide bonds. The molecule has 0 unspecified atom stereocenters. The van der Waals surface area contributed by atoms with Gasteiger partial charge in [0.15, 0.2) is 17.7 Å². The monoisotopic (exact) mass is 345 g/mol. The normalized spacial score (nSPS) is 11.5. The molecule has 6 heteroatoms. The van der Waals surface area contributed by atoms with Crippen LogP contribution in [-0.4, -0.2) is 32.1 Å². The van der Waals surface area contributed by atoms with E-state index in [9.17, 15) is 14.0 Å². The number of hydrogen-bond donors (Lipinski definition) is 0. The van der Waals surface area contributed by atoms with Crippen LogP contribution in [-0.2, 0) is 20.7 Å². The summed E-state index contributed by atoms with van der Waals surface area (Å²) < 4.78 is 23.6. The molecule has 0 N–H and O–H groups in total. The Morgan fingerprint density at radius 3 is 2.44 bits per heavy atom. The first kappa shape index (κ1) is 18.4. The number of halogens is 1. The van der Waals surface area contributed by atoms with Crippen LogP contribution in [0.3, 0.4) is 0 Å². The predicted octanol–water partition coefficient (Wildman–Crippen LogP) is 2.97. The highest BCUT2D eigenvalue weighted by Gasteiger charge is 2.22. The van der Waals surface area contributed by atoms with E-state index in [0.717, 1.165) is 0 Å². The molecule has 2 aromatic rings. The maximum atomic E-state index is 13.6. The number of benzene rings is 2. The van der Waals surface area contributed by atoms with Gasteiger partial charge in [0.1, 0.15) is 0 Å². The van der Waals surface area contributed by atoms with E-state index in [2.05, 4.69) is 0 Å². The number of carbonyl (C=O) groups is 2. The van der Waals surface area contributed by atoms with Crippen molar-refractivity contribution in [3.63, 3.8) is 0 Å². The minimum absolute atomic E-state index is 0.102. The Kier molecular flexibility index (Phi) is 6.11. The maximum Gasteiger partial charge on any atom is 0.311 e.